The van der Waals surface area contributed by atoms with Crippen LogP contribution in [0, 0.1) is 23.7 Å². The van der Waals surface area contributed by atoms with E-state index in [0.29, 0.717) is 33.8 Å². The first-order valence-electron chi connectivity index (χ1n) is 11.8. The van der Waals surface area contributed by atoms with Gasteiger partial charge in [-0.2, -0.15) is 0 Å². The van der Waals surface area contributed by atoms with E-state index in [0.717, 1.165) is 17.5 Å². The Kier molecular flexibility index (Phi) is 4.91. The van der Waals surface area contributed by atoms with Crippen LogP contribution in [0.3, 0.4) is 0 Å². The number of benzene rings is 1. The minimum absolute atomic E-state index is 0.244. The number of thiazole rings is 1. The number of rotatable bonds is 5. The summed E-state index contributed by atoms with van der Waals surface area (Å²) in [5, 5.41) is 16.6. The number of nitrogens with one attached hydrogen (secondary N) is 1. The van der Waals surface area contributed by atoms with Gasteiger partial charge in [0.25, 0.3) is 11.5 Å². The Labute approximate surface area is 196 Å². The van der Waals surface area contributed by atoms with Crippen molar-refractivity contribution < 1.29 is 9.90 Å². The Hall–Kier alpha value is -2.93. The van der Waals surface area contributed by atoms with Crippen molar-refractivity contribution in [1.29, 1.82) is 0 Å². The molecule has 1 aromatic carbocycles. The van der Waals surface area contributed by atoms with Crippen molar-refractivity contribution in [3.63, 3.8) is 0 Å². The molecule has 7 rings (SSSR count). The predicted octanol–water partition coefficient (Wildman–Crippen LogP) is 5.14. The third-order valence-electron chi connectivity index (χ3n) is 8.00. The molecule has 6 nitrogen and oxygen atoms in total. The fourth-order valence-corrected chi connectivity index (χ4v) is 7.72. The van der Waals surface area contributed by atoms with Crippen molar-refractivity contribution in [1.82, 2.24) is 9.55 Å². The largest absolute Gasteiger partial charge is 0.506 e. The molecule has 33 heavy (non-hydrogen) atoms. The van der Waals surface area contributed by atoms with Crippen LogP contribution in [-0.4, -0.2) is 20.6 Å². The second-order valence-corrected chi connectivity index (χ2v) is 10.8. The van der Waals surface area contributed by atoms with Crippen molar-refractivity contribution in [2.75, 3.05) is 5.32 Å². The zero-order chi connectivity index (χ0) is 22.7. The Morgan fingerprint density at radius 2 is 1.88 bits per heavy atom. The smallest absolute Gasteiger partial charge is 0.268 e. The Bertz CT molecular complexity index is 1300. The topological polar surface area (TPSA) is 84.2 Å². The highest BCUT2D eigenvalue weighted by Crippen LogP contribution is 2.59. The fourth-order valence-electron chi connectivity index (χ4n) is 6.97. The minimum Gasteiger partial charge on any atom is -0.506 e. The van der Waals surface area contributed by atoms with E-state index in [2.05, 4.69) is 17.3 Å². The van der Waals surface area contributed by atoms with E-state index in [1.807, 2.05) is 0 Å². The fraction of sp³-hybridized carbons (Fsp3) is 0.423. The Balaban J connectivity index is 1.30. The zero-order valence-electron chi connectivity index (χ0n) is 18.4. The molecule has 0 unspecified atom stereocenters. The molecule has 4 aliphatic carbocycles. The molecule has 7 heteroatoms. The maximum absolute atomic E-state index is 13.1. The summed E-state index contributed by atoms with van der Waals surface area (Å²) >= 11 is 1.40. The van der Waals surface area contributed by atoms with E-state index in [1.165, 1.54) is 48.0 Å². The normalized spacial score (nSPS) is 27.7. The summed E-state index contributed by atoms with van der Waals surface area (Å²) < 4.78 is 1.46. The lowest BCUT2D eigenvalue weighted by molar-refractivity contribution is -0.00392. The van der Waals surface area contributed by atoms with Crippen LogP contribution in [-0.2, 0) is 6.54 Å². The van der Waals surface area contributed by atoms with Crippen LogP contribution < -0.4 is 10.9 Å². The van der Waals surface area contributed by atoms with Crippen molar-refractivity contribution in [2.45, 2.75) is 44.6 Å². The average Bonchev–Trinajstić information content (AvgIpc) is 3.24. The van der Waals surface area contributed by atoms with Gasteiger partial charge in [0.15, 0.2) is 5.13 Å². The molecule has 0 atom stereocenters. The van der Waals surface area contributed by atoms with Crippen LogP contribution in [0.2, 0.25) is 0 Å². The van der Waals surface area contributed by atoms with Crippen molar-refractivity contribution in [3.05, 3.63) is 63.9 Å². The first-order valence-corrected chi connectivity index (χ1v) is 12.6. The number of aromatic hydroxyl groups is 1. The molecule has 0 saturated heterocycles. The summed E-state index contributed by atoms with van der Waals surface area (Å²) in [6.45, 7) is 3.96. The quantitative estimate of drug-likeness (QED) is 0.515. The van der Waals surface area contributed by atoms with E-state index in [4.69, 9.17) is 4.98 Å². The third kappa shape index (κ3) is 3.32. The lowest BCUT2D eigenvalue weighted by atomic mass is 9.51. The third-order valence-corrected chi connectivity index (χ3v) is 8.77. The number of allylic oxidation sites excluding steroid dienone is 1. The molecule has 0 radical (unpaired) electrons. The van der Waals surface area contributed by atoms with E-state index < -0.39 is 11.5 Å². The molecule has 170 valence electrons. The molecule has 0 aliphatic heterocycles. The SMILES string of the molecule is C=CCn1c(=O)c(C(=O)Nc2nc(C3C4CC5CC(C4)CC3C5)cs2)c(O)c2ccccc21. The molecule has 4 aliphatic rings. The summed E-state index contributed by atoms with van der Waals surface area (Å²) in [6.07, 6.45) is 8.26. The van der Waals surface area contributed by atoms with Gasteiger partial charge in [0.1, 0.15) is 11.3 Å². The predicted molar refractivity (Wildman–Crippen MR) is 130 cm³/mol. The number of hydrogen-bond donors (Lipinski definition) is 2. The molecule has 4 saturated carbocycles. The zero-order valence-corrected chi connectivity index (χ0v) is 19.2. The summed E-state index contributed by atoms with van der Waals surface area (Å²) in [4.78, 5) is 31.0. The van der Waals surface area contributed by atoms with Gasteiger partial charge in [-0.15, -0.1) is 17.9 Å². The van der Waals surface area contributed by atoms with Gasteiger partial charge < -0.3 is 9.67 Å². The lowest BCUT2D eigenvalue weighted by Gasteiger charge is -2.54. The molecule has 3 aromatic rings. The molecular weight excluding hydrogens is 434 g/mol. The average molecular weight is 462 g/mol. The number of anilines is 1. The number of fused-ring (bicyclic) bond motifs is 1. The number of amides is 1. The summed E-state index contributed by atoms with van der Waals surface area (Å²) in [6, 6.07) is 7.01. The monoisotopic (exact) mass is 461 g/mol. The van der Waals surface area contributed by atoms with E-state index in [9.17, 15) is 14.7 Å². The van der Waals surface area contributed by atoms with Crippen LogP contribution in [0.1, 0.15) is 54.1 Å². The second kappa shape index (κ2) is 7.83. The van der Waals surface area contributed by atoms with E-state index in [-0.39, 0.29) is 17.9 Å². The molecule has 0 spiro atoms. The molecule has 2 aromatic heterocycles. The van der Waals surface area contributed by atoms with Crippen LogP contribution in [0.25, 0.3) is 10.9 Å². The van der Waals surface area contributed by atoms with E-state index in [1.54, 1.807) is 30.3 Å². The van der Waals surface area contributed by atoms with Crippen LogP contribution in [0.5, 0.6) is 5.75 Å². The summed E-state index contributed by atoms with van der Waals surface area (Å²) in [5.41, 5.74) is 0.842. The van der Waals surface area contributed by atoms with Gasteiger partial charge in [-0.3, -0.25) is 14.9 Å². The maximum atomic E-state index is 13.1. The Morgan fingerprint density at radius 3 is 2.58 bits per heavy atom. The molecule has 4 bridgehead atoms. The van der Waals surface area contributed by atoms with Gasteiger partial charge in [-0.1, -0.05) is 18.2 Å². The standard InChI is InChI=1S/C26H27N3O3S/c1-2-7-29-20-6-4-3-5-18(20)23(30)22(25(29)32)24(31)28-26-27-19(13-33-26)21-16-9-14-8-15(11-16)12-17(21)10-14/h2-6,13-17,21,30H,1,7-12H2,(H,27,28,31). The lowest BCUT2D eigenvalue weighted by Crippen LogP contribution is -2.43. The van der Waals surface area contributed by atoms with Crippen LogP contribution >= 0.6 is 11.3 Å². The number of para-hydroxylation sites is 1. The highest BCUT2D eigenvalue weighted by atomic mass is 32.1. The van der Waals surface area contributed by atoms with Gasteiger partial charge >= 0.3 is 0 Å². The first-order chi connectivity index (χ1) is 16.0. The van der Waals surface area contributed by atoms with Crippen molar-refractivity contribution in [3.8, 4) is 5.75 Å². The second-order valence-electron chi connectivity index (χ2n) is 9.93. The van der Waals surface area contributed by atoms with Crippen molar-refractivity contribution >= 4 is 33.3 Å². The number of carbonyl (C=O) groups excluding carboxylic acids is 1. The van der Waals surface area contributed by atoms with Crippen LogP contribution in [0.15, 0.2) is 47.1 Å². The Morgan fingerprint density at radius 1 is 1.18 bits per heavy atom. The summed E-state index contributed by atoms with van der Waals surface area (Å²) in [5.74, 6) is 2.77. The molecule has 1 amide bonds. The van der Waals surface area contributed by atoms with Gasteiger partial charge in [-0.25, -0.2) is 4.98 Å². The van der Waals surface area contributed by atoms with Crippen molar-refractivity contribution in [2.24, 2.45) is 23.7 Å². The highest BCUT2D eigenvalue weighted by molar-refractivity contribution is 7.14. The first kappa shape index (κ1) is 20.7. The number of hydrogen-bond acceptors (Lipinski definition) is 5. The molecule has 4 fully saturated rings. The summed E-state index contributed by atoms with van der Waals surface area (Å²) in [7, 11) is 0. The molecule has 2 heterocycles. The maximum Gasteiger partial charge on any atom is 0.268 e. The van der Waals surface area contributed by atoms with Gasteiger partial charge in [-0.05, 0) is 67.9 Å². The number of pyridine rings is 1. The minimum atomic E-state index is -0.632. The highest BCUT2D eigenvalue weighted by Gasteiger charge is 2.49. The number of nitrogens with zero attached hydrogens (tertiary/aromatic N) is 2. The number of carbonyl (C=O) groups is 1. The van der Waals surface area contributed by atoms with Crippen LogP contribution in [0.4, 0.5) is 5.13 Å². The van der Waals surface area contributed by atoms with Gasteiger partial charge in [0, 0.05) is 23.2 Å². The number of aromatic nitrogens is 2. The van der Waals surface area contributed by atoms with Gasteiger partial charge in [0.05, 0.1) is 11.2 Å². The van der Waals surface area contributed by atoms with Gasteiger partial charge in [0.2, 0.25) is 0 Å². The van der Waals surface area contributed by atoms with E-state index >= 15 is 0 Å². The molecule has 2 N–H and O–H groups in total. The molecular formula is C26H27N3O3S.